The highest BCUT2D eigenvalue weighted by Gasteiger charge is 2.28. The molecule has 1 aliphatic rings. The van der Waals surface area contributed by atoms with Crippen molar-refractivity contribution in [2.75, 3.05) is 18.8 Å². The number of thiazole rings is 1. The lowest BCUT2D eigenvalue weighted by atomic mass is 10.1. The van der Waals surface area contributed by atoms with Crippen molar-refractivity contribution in [2.24, 2.45) is 0 Å². The zero-order valence-electron chi connectivity index (χ0n) is 12.0. The first-order valence-corrected chi connectivity index (χ1v) is 9.34. The summed E-state index contributed by atoms with van der Waals surface area (Å²) in [6.07, 6.45) is 2.38. The minimum Gasteiger partial charge on any atom is -0.293 e. The number of nitrogens with zero attached hydrogens (tertiary/aromatic N) is 2. The van der Waals surface area contributed by atoms with Gasteiger partial charge in [0.25, 0.3) is 0 Å². The molecule has 0 N–H and O–H groups in total. The average Bonchev–Trinajstić information content (AvgIpc) is 2.77. The average molecular weight is 319 g/mol. The Labute approximate surface area is 129 Å². The Kier molecular flexibility index (Phi) is 5.58. The van der Waals surface area contributed by atoms with Gasteiger partial charge in [0.15, 0.2) is 0 Å². The van der Waals surface area contributed by atoms with E-state index < -0.39 is 0 Å². The maximum absolute atomic E-state index is 5.86. The molecule has 0 aliphatic carbocycles. The third-order valence-electron chi connectivity index (χ3n) is 3.69. The molecule has 0 spiro atoms. The fourth-order valence-electron chi connectivity index (χ4n) is 2.47. The number of hydrogen-bond acceptors (Lipinski definition) is 4. The number of alkyl halides is 1. The van der Waals surface area contributed by atoms with Crippen LogP contribution < -0.4 is 0 Å². The Morgan fingerprint density at radius 3 is 2.89 bits per heavy atom. The van der Waals surface area contributed by atoms with Gasteiger partial charge in [-0.05, 0) is 12.8 Å². The SMILES string of the molecule is CCC(c1nc(CCl)cs1)N1CCSC(C)(C)CC1. The van der Waals surface area contributed by atoms with E-state index in [9.17, 15) is 0 Å². The molecule has 1 aromatic heterocycles. The van der Waals surface area contributed by atoms with Crippen molar-refractivity contribution < 1.29 is 0 Å². The van der Waals surface area contributed by atoms with Crippen molar-refractivity contribution in [3.63, 3.8) is 0 Å². The van der Waals surface area contributed by atoms with E-state index in [1.54, 1.807) is 11.3 Å². The fourth-order valence-corrected chi connectivity index (χ4v) is 4.85. The number of rotatable bonds is 4. The molecule has 1 unspecified atom stereocenters. The Morgan fingerprint density at radius 1 is 1.47 bits per heavy atom. The van der Waals surface area contributed by atoms with Gasteiger partial charge in [-0.25, -0.2) is 4.98 Å². The smallest absolute Gasteiger partial charge is 0.110 e. The summed E-state index contributed by atoms with van der Waals surface area (Å²) in [5.41, 5.74) is 1.02. The van der Waals surface area contributed by atoms with Crippen LogP contribution in [0.3, 0.4) is 0 Å². The molecule has 19 heavy (non-hydrogen) atoms. The highest BCUT2D eigenvalue weighted by molar-refractivity contribution is 8.00. The Bertz CT molecular complexity index is 406. The van der Waals surface area contributed by atoms with E-state index in [0.717, 1.165) is 12.1 Å². The predicted octanol–water partition coefficient (Wildman–Crippen LogP) is 4.55. The van der Waals surface area contributed by atoms with Crippen molar-refractivity contribution in [1.29, 1.82) is 0 Å². The van der Waals surface area contributed by atoms with E-state index in [-0.39, 0.29) is 0 Å². The summed E-state index contributed by atoms with van der Waals surface area (Å²) in [6.45, 7) is 9.32. The molecule has 0 amide bonds. The minimum atomic E-state index is 0.414. The third-order valence-corrected chi connectivity index (χ3v) is 6.33. The molecule has 1 fully saturated rings. The lowest BCUT2D eigenvalue weighted by molar-refractivity contribution is 0.200. The minimum absolute atomic E-state index is 0.414. The van der Waals surface area contributed by atoms with Gasteiger partial charge in [-0.15, -0.1) is 22.9 Å². The van der Waals surface area contributed by atoms with Crippen molar-refractivity contribution in [3.8, 4) is 0 Å². The lowest BCUT2D eigenvalue weighted by Gasteiger charge is -2.28. The molecule has 5 heteroatoms. The van der Waals surface area contributed by atoms with Crippen LogP contribution in [-0.4, -0.2) is 33.5 Å². The van der Waals surface area contributed by atoms with Gasteiger partial charge in [0.2, 0.25) is 0 Å². The maximum Gasteiger partial charge on any atom is 0.110 e. The maximum atomic E-state index is 5.86. The first kappa shape index (κ1) is 15.6. The van der Waals surface area contributed by atoms with Gasteiger partial charge in [-0.3, -0.25) is 4.90 Å². The Balaban J connectivity index is 2.08. The molecular weight excluding hydrogens is 296 g/mol. The topological polar surface area (TPSA) is 16.1 Å². The number of thioether (sulfide) groups is 1. The zero-order valence-corrected chi connectivity index (χ0v) is 14.4. The van der Waals surface area contributed by atoms with Crippen molar-refractivity contribution in [2.45, 2.75) is 50.3 Å². The van der Waals surface area contributed by atoms with Crippen LogP contribution in [0.2, 0.25) is 0 Å². The Hall–Kier alpha value is 0.230. The highest BCUT2D eigenvalue weighted by atomic mass is 35.5. The largest absolute Gasteiger partial charge is 0.293 e. The number of halogens is 1. The molecule has 0 aromatic carbocycles. The molecule has 0 radical (unpaired) electrons. The molecule has 1 atom stereocenters. The quantitative estimate of drug-likeness (QED) is 0.758. The predicted molar refractivity (Wildman–Crippen MR) is 87.4 cm³/mol. The first-order valence-electron chi connectivity index (χ1n) is 6.94. The van der Waals surface area contributed by atoms with Crippen molar-refractivity contribution >= 4 is 34.7 Å². The van der Waals surface area contributed by atoms with Gasteiger partial charge in [0.1, 0.15) is 5.01 Å². The van der Waals surface area contributed by atoms with Crippen LogP contribution in [0.25, 0.3) is 0 Å². The van der Waals surface area contributed by atoms with Crippen molar-refractivity contribution in [1.82, 2.24) is 9.88 Å². The van der Waals surface area contributed by atoms with Crippen LogP contribution in [-0.2, 0) is 5.88 Å². The third kappa shape index (κ3) is 4.10. The van der Waals surface area contributed by atoms with E-state index in [4.69, 9.17) is 11.6 Å². The van der Waals surface area contributed by atoms with Gasteiger partial charge in [-0.1, -0.05) is 20.8 Å². The molecule has 108 valence electrons. The van der Waals surface area contributed by atoms with Crippen molar-refractivity contribution in [3.05, 3.63) is 16.1 Å². The van der Waals surface area contributed by atoms with Crippen LogP contribution in [0.15, 0.2) is 5.38 Å². The Morgan fingerprint density at radius 2 is 2.26 bits per heavy atom. The summed E-state index contributed by atoms with van der Waals surface area (Å²) in [7, 11) is 0. The van der Waals surface area contributed by atoms with E-state index in [2.05, 4.69) is 47.8 Å². The van der Waals surface area contributed by atoms with Gasteiger partial charge in [-0.2, -0.15) is 11.8 Å². The summed E-state index contributed by atoms with van der Waals surface area (Å²) < 4.78 is 0.414. The van der Waals surface area contributed by atoms with E-state index in [1.165, 1.54) is 30.3 Å². The van der Waals surface area contributed by atoms with Gasteiger partial charge in [0.05, 0.1) is 17.6 Å². The highest BCUT2D eigenvalue weighted by Crippen LogP contribution is 2.35. The second kappa shape index (κ2) is 6.79. The fraction of sp³-hybridized carbons (Fsp3) is 0.786. The molecule has 1 aromatic rings. The normalized spacial score (nSPS) is 22.1. The summed E-state index contributed by atoms with van der Waals surface area (Å²) in [4.78, 5) is 7.29. The van der Waals surface area contributed by atoms with E-state index in [0.29, 0.717) is 16.7 Å². The van der Waals surface area contributed by atoms with Gasteiger partial charge >= 0.3 is 0 Å². The number of aromatic nitrogens is 1. The molecule has 0 saturated carbocycles. The first-order chi connectivity index (χ1) is 9.05. The standard InChI is InChI=1S/C14H23ClN2S2/c1-4-12(13-16-11(9-15)10-18-13)17-6-5-14(2,3)19-8-7-17/h10,12H,4-9H2,1-3H3. The molecule has 1 aliphatic heterocycles. The molecule has 1 saturated heterocycles. The molecular formula is C14H23ClN2S2. The van der Waals surface area contributed by atoms with Crippen LogP contribution in [0.4, 0.5) is 0 Å². The summed E-state index contributed by atoms with van der Waals surface area (Å²) in [5.74, 6) is 1.74. The zero-order chi connectivity index (χ0) is 13.9. The van der Waals surface area contributed by atoms with Crippen LogP contribution >= 0.6 is 34.7 Å². The molecule has 2 heterocycles. The van der Waals surface area contributed by atoms with Crippen LogP contribution in [0.1, 0.15) is 50.4 Å². The molecule has 2 rings (SSSR count). The van der Waals surface area contributed by atoms with Gasteiger partial charge < -0.3 is 0 Å². The van der Waals surface area contributed by atoms with E-state index >= 15 is 0 Å². The summed E-state index contributed by atoms with van der Waals surface area (Å²) >= 11 is 9.73. The molecule has 2 nitrogen and oxygen atoms in total. The van der Waals surface area contributed by atoms with Gasteiger partial charge in [0, 0.05) is 29.0 Å². The number of hydrogen-bond donors (Lipinski definition) is 0. The monoisotopic (exact) mass is 318 g/mol. The van der Waals surface area contributed by atoms with Crippen LogP contribution in [0, 0.1) is 0 Å². The molecule has 0 bridgehead atoms. The second-order valence-electron chi connectivity index (χ2n) is 5.63. The lowest BCUT2D eigenvalue weighted by Crippen LogP contribution is -2.31. The van der Waals surface area contributed by atoms with Crippen LogP contribution in [0.5, 0.6) is 0 Å². The summed E-state index contributed by atoms with van der Waals surface area (Å²) in [5, 5.41) is 3.34. The summed E-state index contributed by atoms with van der Waals surface area (Å²) in [6, 6.07) is 0.469. The van der Waals surface area contributed by atoms with E-state index in [1.807, 2.05) is 0 Å². The second-order valence-corrected chi connectivity index (χ2v) is 8.59.